The summed E-state index contributed by atoms with van der Waals surface area (Å²) in [6.45, 7) is 0.795. The zero-order valence-corrected chi connectivity index (χ0v) is 14.7. The number of carbonyl (C=O) groups excluding carboxylic acids is 1. The lowest BCUT2D eigenvalue weighted by Crippen LogP contribution is -2.36. The lowest BCUT2D eigenvalue weighted by Gasteiger charge is -2.22. The Balaban J connectivity index is 1.72. The molecule has 2 aromatic carbocycles. The van der Waals surface area contributed by atoms with E-state index in [0.717, 1.165) is 11.1 Å². The fraction of sp³-hybridized carbons (Fsp3) is 0.263. The molecule has 0 fully saturated rings. The van der Waals surface area contributed by atoms with Gasteiger partial charge in [-0.15, -0.1) is 0 Å². The first-order chi connectivity index (χ1) is 12.5. The third-order valence-corrected chi connectivity index (χ3v) is 4.18. The SMILES string of the molecule is O=C(O)CN(Cc1ccc(Cl)cc1)C(=O)Cc1ccc2c(c1)OCCO2. The maximum atomic E-state index is 12.7. The Bertz CT molecular complexity index is 806. The van der Waals surface area contributed by atoms with Crippen molar-refractivity contribution < 1.29 is 24.2 Å². The van der Waals surface area contributed by atoms with Crippen LogP contribution in [0.15, 0.2) is 42.5 Å². The van der Waals surface area contributed by atoms with Crippen LogP contribution in [0.1, 0.15) is 11.1 Å². The van der Waals surface area contributed by atoms with E-state index in [0.29, 0.717) is 29.7 Å². The number of rotatable bonds is 6. The fourth-order valence-corrected chi connectivity index (χ4v) is 2.82. The van der Waals surface area contributed by atoms with Gasteiger partial charge in [0.25, 0.3) is 0 Å². The van der Waals surface area contributed by atoms with Crippen molar-refractivity contribution in [2.45, 2.75) is 13.0 Å². The van der Waals surface area contributed by atoms with Gasteiger partial charge in [0.1, 0.15) is 19.8 Å². The molecule has 0 bridgehead atoms. The summed E-state index contributed by atoms with van der Waals surface area (Å²) in [6, 6.07) is 12.3. The number of benzene rings is 2. The van der Waals surface area contributed by atoms with Crippen molar-refractivity contribution in [3.05, 3.63) is 58.6 Å². The van der Waals surface area contributed by atoms with E-state index in [1.165, 1.54) is 4.90 Å². The maximum absolute atomic E-state index is 12.7. The summed E-state index contributed by atoms with van der Waals surface area (Å²) in [5.41, 5.74) is 1.55. The van der Waals surface area contributed by atoms with Crippen LogP contribution in [0.5, 0.6) is 11.5 Å². The van der Waals surface area contributed by atoms with Crippen molar-refractivity contribution >= 4 is 23.5 Å². The highest BCUT2D eigenvalue weighted by Crippen LogP contribution is 2.31. The Labute approximate surface area is 155 Å². The molecule has 136 valence electrons. The predicted octanol–water partition coefficient (Wildman–Crippen LogP) is 2.77. The third-order valence-electron chi connectivity index (χ3n) is 3.93. The van der Waals surface area contributed by atoms with Gasteiger partial charge in [0.15, 0.2) is 11.5 Å². The Kier molecular flexibility index (Phi) is 5.63. The zero-order chi connectivity index (χ0) is 18.5. The molecule has 1 aliphatic heterocycles. The second-order valence-corrected chi connectivity index (χ2v) is 6.36. The van der Waals surface area contributed by atoms with Gasteiger partial charge in [-0.05, 0) is 35.4 Å². The van der Waals surface area contributed by atoms with Crippen LogP contribution in [-0.2, 0) is 22.6 Å². The van der Waals surface area contributed by atoms with Crippen molar-refractivity contribution in [2.75, 3.05) is 19.8 Å². The van der Waals surface area contributed by atoms with Crippen molar-refractivity contribution in [3.8, 4) is 11.5 Å². The largest absolute Gasteiger partial charge is 0.486 e. The first-order valence-corrected chi connectivity index (χ1v) is 8.51. The summed E-state index contributed by atoms with van der Waals surface area (Å²) in [6.07, 6.45) is 0.0809. The Hall–Kier alpha value is -2.73. The first-order valence-electron chi connectivity index (χ1n) is 8.14. The first kappa shape index (κ1) is 18.1. The number of amides is 1. The molecular weight excluding hydrogens is 358 g/mol. The summed E-state index contributed by atoms with van der Waals surface area (Å²) < 4.78 is 11.0. The third kappa shape index (κ3) is 4.67. The molecule has 1 amide bonds. The minimum Gasteiger partial charge on any atom is -0.486 e. The molecule has 26 heavy (non-hydrogen) atoms. The normalized spacial score (nSPS) is 12.5. The van der Waals surface area contributed by atoms with Crippen molar-refractivity contribution in [1.82, 2.24) is 4.90 Å². The van der Waals surface area contributed by atoms with E-state index in [1.807, 2.05) is 0 Å². The molecule has 0 aliphatic carbocycles. The molecule has 0 atom stereocenters. The van der Waals surface area contributed by atoms with Gasteiger partial charge in [-0.2, -0.15) is 0 Å². The van der Waals surface area contributed by atoms with Gasteiger partial charge in [0.2, 0.25) is 5.91 Å². The standard InChI is InChI=1S/C19H18ClNO5/c20-15-4-1-13(2-5-15)11-21(12-19(23)24)18(22)10-14-3-6-16-17(9-14)26-8-7-25-16/h1-6,9H,7-8,10-12H2,(H,23,24). The van der Waals surface area contributed by atoms with E-state index in [-0.39, 0.29) is 25.4 Å². The smallest absolute Gasteiger partial charge is 0.323 e. The van der Waals surface area contributed by atoms with Crippen LogP contribution < -0.4 is 9.47 Å². The van der Waals surface area contributed by atoms with Crippen LogP contribution in [-0.4, -0.2) is 41.6 Å². The number of carboxylic acids is 1. The quantitative estimate of drug-likeness (QED) is 0.840. The topological polar surface area (TPSA) is 76.1 Å². The molecule has 2 aromatic rings. The van der Waals surface area contributed by atoms with Gasteiger partial charge in [-0.1, -0.05) is 29.8 Å². The highest BCUT2D eigenvalue weighted by Gasteiger charge is 2.19. The summed E-state index contributed by atoms with van der Waals surface area (Å²) in [5.74, 6) is -0.0893. The van der Waals surface area contributed by atoms with Crippen molar-refractivity contribution in [3.63, 3.8) is 0 Å². The molecule has 1 aliphatic rings. The van der Waals surface area contributed by atoms with Crippen LogP contribution in [0, 0.1) is 0 Å². The molecule has 0 saturated heterocycles. The van der Waals surface area contributed by atoms with Crippen molar-refractivity contribution in [2.24, 2.45) is 0 Å². The van der Waals surface area contributed by atoms with Gasteiger partial charge in [-0.25, -0.2) is 0 Å². The van der Waals surface area contributed by atoms with Crippen molar-refractivity contribution in [1.29, 1.82) is 0 Å². The zero-order valence-electron chi connectivity index (χ0n) is 14.0. The van der Waals surface area contributed by atoms with Crippen LogP contribution in [0.2, 0.25) is 5.02 Å². The number of halogens is 1. The second kappa shape index (κ2) is 8.10. The van der Waals surface area contributed by atoms with E-state index >= 15 is 0 Å². The van der Waals surface area contributed by atoms with Crippen LogP contribution in [0.4, 0.5) is 0 Å². The van der Waals surface area contributed by atoms with Gasteiger partial charge >= 0.3 is 5.97 Å². The number of nitrogens with zero attached hydrogens (tertiary/aromatic N) is 1. The molecule has 1 heterocycles. The number of fused-ring (bicyclic) bond motifs is 1. The maximum Gasteiger partial charge on any atom is 0.323 e. The van der Waals surface area contributed by atoms with Gasteiger partial charge in [0.05, 0.1) is 6.42 Å². The molecule has 3 rings (SSSR count). The number of ether oxygens (including phenoxy) is 2. The minimum absolute atomic E-state index is 0.0809. The van der Waals surface area contributed by atoms with Gasteiger partial charge in [0, 0.05) is 11.6 Å². The lowest BCUT2D eigenvalue weighted by atomic mass is 10.1. The Morgan fingerprint density at radius 1 is 1.00 bits per heavy atom. The van der Waals surface area contributed by atoms with Gasteiger partial charge in [-0.3, -0.25) is 9.59 Å². The number of carbonyl (C=O) groups is 2. The van der Waals surface area contributed by atoms with E-state index in [4.69, 9.17) is 26.2 Å². The summed E-state index contributed by atoms with van der Waals surface area (Å²) in [7, 11) is 0. The van der Waals surface area contributed by atoms with E-state index in [2.05, 4.69) is 0 Å². The number of carboxylic acid groups (broad SMARTS) is 1. The lowest BCUT2D eigenvalue weighted by molar-refractivity contribution is -0.144. The molecular formula is C19H18ClNO5. The van der Waals surface area contributed by atoms with Crippen LogP contribution >= 0.6 is 11.6 Å². The molecule has 0 aromatic heterocycles. The van der Waals surface area contributed by atoms with Gasteiger partial charge < -0.3 is 19.5 Å². The second-order valence-electron chi connectivity index (χ2n) is 5.92. The Morgan fingerprint density at radius 2 is 1.65 bits per heavy atom. The molecule has 1 N–H and O–H groups in total. The van der Waals surface area contributed by atoms with Crippen LogP contribution in [0.3, 0.4) is 0 Å². The van der Waals surface area contributed by atoms with E-state index in [1.54, 1.807) is 42.5 Å². The highest BCUT2D eigenvalue weighted by atomic mass is 35.5. The average molecular weight is 376 g/mol. The molecule has 6 nitrogen and oxygen atoms in total. The van der Waals surface area contributed by atoms with Crippen LogP contribution in [0.25, 0.3) is 0 Å². The molecule has 7 heteroatoms. The summed E-state index contributed by atoms with van der Waals surface area (Å²) >= 11 is 5.86. The number of aliphatic carboxylic acids is 1. The molecule has 0 spiro atoms. The highest BCUT2D eigenvalue weighted by molar-refractivity contribution is 6.30. The summed E-state index contributed by atoms with van der Waals surface area (Å²) in [4.78, 5) is 25.1. The Morgan fingerprint density at radius 3 is 2.35 bits per heavy atom. The predicted molar refractivity (Wildman–Crippen MR) is 95.6 cm³/mol. The number of hydrogen-bond acceptors (Lipinski definition) is 4. The molecule has 0 unspecified atom stereocenters. The number of hydrogen-bond donors (Lipinski definition) is 1. The fourth-order valence-electron chi connectivity index (χ4n) is 2.69. The van der Waals surface area contributed by atoms with E-state index in [9.17, 15) is 9.59 Å². The molecule has 0 radical (unpaired) electrons. The van der Waals surface area contributed by atoms with E-state index < -0.39 is 5.97 Å². The summed E-state index contributed by atoms with van der Waals surface area (Å²) in [5, 5.41) is 9.71. The minimum atomic E-state index is -1.06. The monoisotopic (exact) mass is 375 g/mol. The molecule has 0 saturated carbocycles. The average Bonchev–Trinajstić information content (AvgIpc) is 2.62.